The van der Waals surface area contributed by atoms with E-state index in [0.717, 1.165) is 28.7 Å². The number of nitrogens with zero attached hydrogens (tertiary/aromatic N) is 4. The molecule has 0 aromatic heterocycles. The number of ether oxygens (including phenoxy) is 1. The first-order valence-corrected chi connectivity index (χ1v) is 15.2. The fraction of sp³-hybridized carbons (Fsp3) is 0.378. The van der Waals surface area contributed by atoms with Crippen LogP contribution in [0.25, 0.3) is 0 Å². The quantitative estimate of drug-likeness (QED) is 0.197. The number of rotatable bonds is 8. The van der Waals surface area contributed by atoms with Crippen LogP contribution in [0.1, 0.15) is 79.1 Å². The lowest BCUT2D eigenvalue weighted by atomic mass is 9.92. The van der Waals surface area contributed by atoms with Gasteiger partial charge < -0.3 is 4.74 Å². The van der Waals surface area contributed by atoms with Gasteiger partial charge in [0, 0.05) is 12.1 Å². The normalized spacial score (nSPS) is 19.0. The molecule has 1 saturated heterocycles. The molecule has 0 N–H and O–H groups in total. The lowest BCUT2D eigenvalue weighted by Gasteiger charge is -2.43. The van der Waals surface area contributed by atoms with Crippen LogP contribution in [0, 0.1) is 12.8 Å². The van der Waals surface area contributed by atoms with Gasteiger partial charge in [-0.25, -0.2) is 10.1 Å². The number of hydrogen-bond acceptors (Lipinski definition) is 5. The van der Waals surface area contributed by atoms with E-state index in [4.69, 9.17) is 9.73 Å². The van der Waals surface area contributed by atoms with E-state index in [2.05, 4.69) is 125 Å². The standard InChI is InChI=1S/C35H43FN4O.C2H4/c1-23(2)20-30-21-31(41-7)16-17-32(30)35-37-33(28-14-12-27(13-15-28)24(3)4)34(29-10-8-25(5)9-11-29)40(35)38-18-19-39(36)26(6)22-38;1-2/h8-17,21,23-24,33-34H,6,18-20,22H2,1-5,7H3;1-2H2. The molecule has 5 rings (SSSR count). The molecule has 0 aliphatic carbocycles. The highest BCUT2D eigenvalue weighted by Gasteiger charge is 2.43. The largest absolute Gasteiger partial charge is 0.497 e. The number of amidine groups is 1. The summed E-state index contributed by atoms with van der Waals surface area (Å²) in [6, 6.07) is 23.7. The fourth-order valence-electron chi connectivity index (χ4n) is 5.89. The van der Waals surface area contributed by atoms with Gasteiger partial charge in [-0.2, -0.15) is 0 Å². The smallest absolute Gasteiger partial charge is 0.147 e. The second-order valence-corrected chi connectivity index (χ2v) is 12.1. The third kappa shape index (κ3) is 7.02. The maximum absolute atomic E-state index is 14.5. The molecule has 0 bridgehead atoms. The van der Waals surface area contributed by atoms with Crippen molar-refractivity contribution in [1.29, 1.82) is 0 Å². The maximum Gasteiger partial charge on any atom is 0.147 e. The topological polar surface area (TPSA) is 31.3 Å². The second kappa shape index (κ2) is 14.0. The monoisotopic (exact) mass is 582 g/mol. The van der Waals surface area contributed by atoms with Gasteiger partial charge in [0.1, 0.15) is 17.6 Å². The molecule has 0 amide bonds. The average Bonchev–Trinajstić information content (AvgIpc) is 3.40. The molecule has 3 aromatic carbocycles. The highest BCUT2D eigenvalue weighted by molar-refractivity contribution is 6.01. The Kier molecular flexibility index (Phi) is 10.5. The van der Waals surface area contributed by atoms with Gasteiger partial charge >= 0.3 is 0 Å². The molecule has 2 unspecified atom stereocenters. The molecule has 2 atom stereocenters. The second-order valence-electron chi connectivity index (χ2n) is 12.1. The van der Waals surface area contributed by atoms with Gasteiger partial charge in [0.25, 0.3) is 0 Å². The molecule has 0 radical (unpaired) electrons. The minimum Gasteiger partial charge on any atom is -0.497 e. The first-order chi connectivity index (χ1) is 20.7. The van der Waals surface area contributed by atoms with E-state index in [1.165, 1.54) is 27.8 Å². The van der Waals surface area contributed by atoms with Crippen LogP contribution >= 0.6 is 0 Å². The van der Waals surface area contributed by atoms with Crippen molar-refractivity contribution in [3.8, 4) is 5.75 Å². The van der Waals surface area contributed by atoms with Crippen molar-refractivity contribution in [3.05, 3.63) is 126 Å². The zero-order chi connectivity index (χ0) is 31.3. The number of hydrogen-bond donors (Lipinski definition) is 0. The fourth-order valence-corrected chi connectivity index (χ4v) is 5.89. The predicted octanol–water partition coefficient (Wildman–Crippen LogP) is 8.60. The van der Waals surface area contributed by atoms with Gasteiger partial charge in [-0.15, -0.1) is 17.6 Å². The maximum atomic E-state index is 14.5. The van der Waals surface area contributed by atoms with E-state index < -0.39 is 0 Å². The van der Waals surface area contributed by atoms with Gasteiger partial charge in [0.05, 0.1) is 31.9 Å². The van der Waals surface area contributed by atoms with Crippen molar-refractivity contribution in [2.24, 2.45) is 10.9 Å². The Bertz CT molecular complexity index is 1410. The zero-order valence-corrected chi connectivity index (χ0v) is 26.7. The van der Waals surface area contributed by atoms with Crippen molar-refractivity contribution in [2.45, 2.75) is 59.0 Å². The molecule has 2 aliphatic rings. The van der Waals surface area contributed by atoms with Crippen LogP contribution in [-0.2, 0) is 6.42 Å². The molecule has 0 spiro atoms. The summed E-state index contributed by atoms with van der Waals surface area (Å²) in [5.74, 6) is 2.66. The third-order valence-electron chi connectivity index (χ3n) is 8.15. The SMILES string of the molecule is C=C.C=C1CN(N2C(c3ccc(OC)cc3CC(C)C)=NC(c3ccc(C(C)C)cc3)C2c2ccc(C)cc2)CCN1F. The van der Waals surface area contributed by atoms with Crippen molar-refractivity contribution >= 4 is 5.84 Å². The summed E-state index contributed by atoms with van der Waals surface area (Å²) in [7, 11) is 1.71. The van der Waals surface area contributed by atoms with Crippen LogP contribution in [0.5, 0.6) is 5.75 Å². The van der Waals surface area contributed by atoms with E-state index in [1.807, 2.05) is 6.07 Å². The Morgan fingerprint density at radius 1 is 0.930 bits per heavy atom. The molecular weight excluding hydrogens is 535 g/mol. The zero-order valence-electron chi connectivity index (χ0n) is 26.7. The summed E-state index contributed by atoms with van der Waals surface area (Å²) in [6.45, 7) is 22.2. The van der Waals surface area contributed by atoms with E-state index in [9.17, 15) is 4.48 Å². The Hall–Kier alpha value is -3.90. The number of aryl methyl sites for hydroxylation is 1. The molecule has 228 valence electrons. The number of hydrazine groups is 1. The van der Waals surface area contributed by atoms with Gasteiger partial charge in [-0.1, -0.05) is 88.4 Å². The van der Waals surface area contributed by atoms with E-state index >= 15 is 0 Å². The summed E-state index contributed by atoms with van der Waals surface area (Å²) >= 11 is 0. The van der Waals surface area contributed by atoms with Crippen molar-refractivity contribution in [3.63, 3.8) is 0 Å². The molecule has 2 aliphatic heterocycles. The first kappa shape index (κ1) is 32.0. The highest BCUT2D eigenvalue weighted by Crippen LogP contribution is 2.45. The Morgan fingerprint density at radius 3 is 2.16 bits per heavy atom. The summed E-state index contributed by atoms with van der Waals surface area (Å²) in [5, 5.41) is 5.33. The van der Waals surface area contributed by atoms with Crippen molar-refractivity contribution < 1.29 is 9.22 Å². The number of methoxy groups -OCH3 is 1. The number of piperazine rings is 1. The third-order valence-corrected chi connectivity index (χ3v) is 8.15. The van der Waals surface area contributed by atoms with E-state index in [0.29, 0.717) is 30.6 Å². The van der Waals surface area contributed by atoms with Crippen LogP contribution in [-0.4, -0.2) is 47.7 Å². The summed E-state index contributed by atoms with van der Waals surface area (Å²) in [6.07, 6.45) is 0.896. The van der Waals surface area contributed by atoms with Crippen LogP contribution in [0.2, 0.25) is 0 Å². The molecule has 3 aromatic rings. The molecule has 1 fully saturated rings. The Labute approximate surface area is 257 Å². The van der Waals surface area contributed by atoms with Gasteiger partial charge in [-0.3, -0.25) is 10.0 Å². The van der Waals surface area contributed by atoms with Crippen LogP contribution in [0.15, 0.2) is 97.2 Å². The minimum absolute atomic E-state index is 0.0940. The van der Waals surface area contributed by atoms with Crippen LogP contribution in [0.3, 0.4) is 0 Å². The number of aliphatic imine (C=N–C) groups is 1. The highest BCUT2D eigenvalue weighted by atomic mass is 19.2. The molecule has 0 saturated carbocycles. The molecule has 43 heavy (non-hydrogen) atoms. The number of halogens is 1. The average molecular weight is 583 g/mol. The molecule has 6 heteroatoms. The summed E-state index contributed by atoms with van der Waals surface area (Å²) < 4.78 is 20.1. The lowest BCUT2D eigenvalue weighted by Crippen LogP contribution is -2.53. The molecule has 2 heterocycles. The van der Waals surface area contributed by atoms with Crippen LogP contribution in [0.4, 0.5) is 4.48 Å². The van der Waals surface area contributed by atoms with Crippen molar-refractivity contribution in [2.75, 3.05) is 26.7 Å². The predicted molar refractivity (Wildman–Crippen MR) is 177 cm³/mol. The van der Waals surface area contributed by atoms with E-state index in [-0.39, 0.29) is 18.6 Å². The van der Waals surface area contributed by atoms with Gasteiger partial charge in [0.15, 0.2) is 0 Å². The van der Waals surface area contributed by atoms with Crippen molar-refractivity contribution in [1.82, 2.24) is 15.1 Å². The molecular formula is C37H47FN4O. The Balaban J connectivity index is 0.00000207. The summed E-state index contributed by atoms with van der Waals surface area (Å²) in [4.78, 5) is 5.53. The minimum atomic E-state index is -0.139. The lowest BCUT2D eigenvalue weighted by molar-refractivity contribution is -0.0556. The van der Waals surface area contributed by atoms with E-state index in [1.54, 1.807) is 7.11 Å². The Morgan fingerprint density at radius 2 is 1.58 bits per heavy atom. The molecule has 5 nitrogen and oxygen atoms in total. The summed E-state index contributed by atoms with van der Waals surface area (Å²) in [5.41, 5.74) is 7.62. The van der Waals surface area contributed by atoms with Crippen LogP contribution < -0.4 is 4.74 Å². The number of benzene rings is 3. The van der Waals surface area contributed by atoms with Gasteiger partial charge in [0.2, 0.25) is 0 Å². The van der Waals surface area contributed by atoms with Gasteiger partial charge in [-0.05, 0) is 65.6 Å². The first-order valence-electron chi connectivity index (χ1n) is 15.2.